The maximum Gasteiger partial charge on any atom is 0.194 e. The van der Waals surface area contributed by atoms with Gasteiger partial charge in [0, 0.05) is 22.6 Å². The van der Waals surface area contributed by atoms with E-state index in [2.05, 4.69) is 19.9 Å². The number of nitrogens with one attached hydrogen (secondary N) is 1. The highest BCUT2D eigenvalue weighted by atomic mass is 127. The summed E-state index contributed by atoms with van der Waals surface area (Å²) in [5, 5.41) is 0. The zero-order valence-electron chi connectivity index (χ0n) is 5.37. The summed E-state index contributed by atoms with van der Waals surface area (Å²) in [6, 6.07) is 0. The molecule has 2 aromatic rings. The Balaban J connectivity index is 2.91. The van der Waals surface area contributed by atoms with E-state index >= 15 is 0 Å². The first-order valence-electron chi connectivity index (χ1n) is 2.89. The van der Waals surface area contributed by atoms with Crippen molar-refractivity contribution >= 4 is 39.6 Å². The number of aromatic amines is 1. The van der Waals surface area contributed by atoms with Gasteiger partial charge in [-0.15, -0.1) is 0 Å². The predicted molar refractivity (Wildman–Crippen MR) is 48.8 cm³/mol. The Morgan fingerprint density at radius 2 is 2.27 bits per heavy atom. The van der Waals surface area contributed by atoms with Crippen molar-refractivity contribution in [3.63, 3.8) is 0 Å². The zero-order chi connectivity index (χ0) is 7.84. The summed E-state index contributed by atoms with van der Waals surface area (Å²) < 4.78 is 0.611. The van der Waals surface area contributed by atoms with Crippen LogP contribution in [0.5, 0.6) is 0 Å². The molecule has 0 fully saturated rings. The van der Waals surface area contributed by atoms with E-state index < -0.39 is 0 Å². The molecule has 0 unspecified atom stereocenters. The molecular weight excluding hydrogens is 257 g/mol. The summed E-state index contributed by atoms with van der Waals surface area (Å²) in [5.41, 5.74) is 6.89. The Hall–Kier alpha value is -0.920. The molecule has 0 aliphatic rings. The van der Waals surface area contributed by atoms with E-state index in [4.69, 9.17) is 5.73 Å². The number of imidazole rings is 1. The number of rotatable bonds is 0. The normalized spacial score (nSPS) is 10.6. The van der Waals surface area contributed by atoms with Gasteiger partial charge in [-0.05, 0) is 0 Å². The van der Waals surface area contributed by atoms with Gasteiger partial charge in [-0.25, -0.2) is 15.0 Å². The molecule has 11 heavy (non-hydrogen) atoms. The van der Waals surface area contributed by atoms with Gasteiger partial charge in [-0.1, -0.05) is 0 Å². The standard InChI is InChI=1S/C5H4IN5/c6-5-10-3(7)2-4(11-5)9-1-8-2/h1H,(H3,7,8,9,10,11). The fraction of sp³-hybridized carbons (Fsp3) is 0. The Morgan fingerprint density at radius 1 is 1.45 bits per heavy atom. The van der Waals surface area contributed by atoms with Crippen LogP contribution in [-0.2, 0) is 0 Å². The highest BCUT2D eigenvalue weighted by molar-refractivity contribution is 14.1. The third-order valence-corrected chi connectivity index (χ3v) is 1.77. The van der Waals surface area contributed by atoms with Crippen molar-refractivity contribution in [2.24, 2.45) is 0 Å². The molecule has 3 N–H and O–H groups in total. The SMILES string of the molecule is Nc1nc(I)nc2nc[nH]c12. The third-order valence-electron chi connectivity index (χ3n) is 1.29. The number of nitrogens with zero attached hydrogens (tertiary/aromatic N) is 3. The summed E-state index contributed by atoms with van der Waals surface area (Å²) in [6.07, 6.45) is 1.55. The number of nitrogens with two attached hydrogens (primary N) is 1. The van der Waals surface area contributed by atoms with Gasteiger partial charge >= 0.3 is 0 Å². The second-order valence-corrected chi connectivity index (χ2v) is 2.94. The molecule has 0 atom stereocenters. The minimum atomic E-state index is 0.442. The number of aromatic nitrogens is 4. The summed E-state index contributed by atoms with van der Waals surface area (Å²) >= 11 is 1.99. The van der Waals surface area contributed by atoms with Gasteiger partial charge in [0.2, 0.25) is 0 Å². The van der Waals surface area contributed by atoms with Crippen LogP contribution in [0.4, 0.5) is 5.82 Å². The lowest BCUT2D eigenvalue weighted by Crippen LogP contribution is -1.96. The Bertz CT molecular complexity index is 395. The molecule has 2 rings (SSSR count). The second-order valence-electron chi connectivity index (χ2n) is 1.98. The van der Waals surface area contributed by atoms with E-state index in [1.54, 1.807) is 6.33 Å². The first-order valence-corrected chi connectivity index (χ1v) is 3.97. The van der Waals surface area contributed by atoms with Crippen LogP contribution in [0.2, 0.25) is 0 Å². The smallest absolute Gasteiger partial charge is 0.194 e. The van der Waals surface area contributed by atoms with Gasteiger partial charge < -0.3 is 10.7 Å². The minimum absolute atomic E-state index is 0.442. The average molecular weight is 261 g/mol. The molecule has 0 bridgehead atoms. The number of nitrogen functional groups attached to an aromatic ring is 1. The van der Waals surface area contributed by atoms with Crippen LogP contribution < -0.4 is 5.73 Å². The molecule has 5 nitrogen and oxygen atoms in total. The van der Waals surface area contributed by atoms with Crippen LogP contribution in [-0.4, -0.2) is 19.9 Å². The number of hydrogen-bond acceptors (Lipinski definition) is 4. The Morgan fingerprint density at radius 3 is 3.09 bits per heavy atom. The number of halogens is 1. The van der Waals surface area contributed by atoms with Crippen LogP contribution in [0.15, 0.2) is 6.33 Å². The fourth-order valence-electron chi connectivity index (χ4n) is 0.828. The van der Waals surface area contributed by atoms with Crippen molar-refractivity contribution in [2.45, 2.75) is 0 Å². The lowest BCUT2D eigenvalue weighted by atomic mass is 10.5. The topological polar surface area (TPSA) is 80.5 Å². The van der Waals surface area contributed by atoms with E-state index in [0.29, 0.717) is 20.8 Å². The lowest BCUT2D eigenvalue weighted by molar-refractivity contribution is 1.14. The van der Waals surface area contributed by atoms with Gasteiger partial charge in [0.25, 0.3) is 0 Å². The molecule has 0 radical (unpaired) electrons. The number of hydrogen-bond donors (Lipinski definition) is 2. The predicted octanol–water partition coefficient (Wildman–Crippen LogP) is 0.540. The number of H-pyrrole nitrogens is 1. The first kappa shape index (κ1) is 6.77. The fourth-order valence-corrected chi connectivity index (χ4v) is 1.32. The summed E-state index contributed by atoms with van der Waals surface area (Å²) in [7, 11) is 0. The van der Waals surface area contributed by atoms with Crippen LogP contribution in [0.3, 0.4) is 0 Å². The highest BCUT2D eigenvalue weighted by Gasteiger charge is 2.03. The Kier molecular flexibility index (Phi) is 1.41. The first-order chi connectivity index (χ1) is 5.27. The van der Waals surface area contributed by atoms with Gasteiger partial charge in [0.1, 0.15) is 5.52 Å². The zero-order valence-corrected chi connectivity index (χ0v) is 7.53. The lowest BCUT2D eigenvalue weighted by Gasteiger charge is -1.93. The maximum absolute atomic E-state index is 5.57. The van der Waals surface area contributed by atoms with Crippen molar-refractivity contribution < 1.29 is 0 Å². The van der Waals surface area contributed by atoms with Crippen LogP contribution >= 0.6 is 22.6 Å². The van der Waals surface area contributed by atoms with Crippen molar-refractivity contribution in [2.75, 3.05) is 5.73 Å². The second kappa shape index (κ2) is 2.29. The van der Waals surface area contributed by atoms with E-state index in [1.807, 2.05) is 22.6 Å². The molecule has 0 saturated carbocycles. The molecule has 0 spiro atoms. The van der Waals surface area contributed by atoms with Gasteiger partial charge in [0.15, 0.2) is 15.3 Å². The van der Waals surface area contributed by atoms with Gasteiger partial charge in [-0.3, -0.25) is 0 Å². The number of fused-ring (bicyclic) bond motifs is 1. The van der Waals surface area contributed by atoms with Crippen molar-refractivity contribution in [1.29, 1.82) is 0 Å². The van der Waals surface area contributed by atoms with E-state index in [9.17, 15) is 0 Å². The maximum atomic E-state index is 5.57. The number of anilines is 1. The molecule has 2 aromatic heterocycles. The van der Waals surface area contributed by atoms with Crippen LogP contribution in [0.1, 0.15) is 0 Å². The molecule has 2 heterocycles. The van der Waals surface area contributed by atoms with Gasteiger partial charge in [-0.2, -0.15) is 0 Å². The molecule has 6 heteroatoms. The molecule has 0 aromatic carbocycles. The molecule has 0 amide bonds. The molecule has 0 aliphatic heterocycles. The quantitative estimate of drug-likeness (QED) is 0.535. The summed E-state index contributed by atoms with van der Waals surface area (Å²) in [6.45, 7) is 0. The van der Waals surface area contributed by atoms with Crippen molar-refractivity contribution in [3.8, 4) is 0 Å². The van der Waals surface area contributed by atoms with E-state index in [-0.39, 0.29) is 0 Å². The van der Waals surface area contributed by atoms with E-state index in [0.717, 1.165) is 0 Å². The minimum Gasteiger partial charge on any atom is -0.382 e. The van der Waals surface area contributed by atoms with Crippen molar-refractivity contribution in [3.05, 3.63) is 10.2 Å². The molecule has 56 valence electrons. The molecule has 0 saturated heterocycles. The summed E-state index contributed by atoms with van der Waals surface area (Å²) in [5.74, 6) is 0.442. The van der Waals surface area contributed by atoms with Crippen molar-refractivity contribution in [1.82, 2.24) is 19.9 Å². The van der Waals surface area contributed by atoms with Crippen LogP contribution in [0, 0.1) is 3.83 Å². The summed E-state index contributed by atoms with van der Waals surface area (Å²) in [4.78, 5) is 14.8. The Labute approximate surface area is 75.6 Å². The molecular formula is C5H4IN5. The monoisotopic (exact) mass is 261 g/mol. The van der Waals surface area contributed by atoms with E-state index in [1.165, 1.54) is 0 Å². The third kappa shape index (κ3) is 1.02. The van der Waals surface area contributed by atoms with Crippen LogP contribution in [0.25, 0.3) is 11.2 Å². The highest BCUT2D eigenvalue weighted by Crippen LogP contribution is 2.13. The van der Waals surface area contributed by atoms with Gasteiger partial charge in [0.05, 0.1) is 6.33 Å². The largest absolute Gasteiger partial charge is 0.382 e. The molecule has 0 aliphatic carbocycles. The average Bonchev–Trinajstić information content (AvgIpc) is 2.34.